The van der Waals surface area contributed by atoms with E-state index in [1.165, 1.54) is 12.1 Å². The molecular weight excluding hydrogens is 325 g/mol. The van der Waals surface area contributed by atoms with Gasteiger partial charge in [-0.05, 0) is 41.3 Å². The van der Waals surface area contributed by atoms with Gasteiger partial charge in [0, 0.05) is 4.88 Å². The molecule has 0 saturated heterocycles. The molecule has 24 heavy (non-hydrogen) atoms. The molecule has 0 saturated carbocycles. The Balaban J connectivity index is 1.65. The lowest BCUT2D eigenvalue weighted by atomic mass is 10.2. The minimum Gasteiger partial charge on any atom is -0.488 e. The predicted molar refractivity (Wildman–Crippen MR) is 92.7 cm³/mol. The maximum absolute atomic E-state index is 12.9. The van der Waals surface area contributed by atoms with Crippen molar-refractivity contribution in [2.45, 2.75) is 13.2 Å². The Hall–Kier alpha value is -2.66. The number of hydrogen-bond donors (Lipinski definition) is 1. The third-order valence-electron chi connectivity index (χ3n) is 3.44. The molecule has 1 amide bonds. The van der Waals surface area contributed by atoms with Crippen LogP contribution in [0.15, 0.2) is 66.0 Å². The van der Waals surface area contributed by atoms with Gasteiger partial charge in [-0.3, -0.25) is 4.79 Å². The third-order valence-corrected chi connectivity index (χ3v) is 4.32. The quantitative estimate of drug-likeness (QED) is 0.722. The molecule has 1 heterocycles. The van der Waals surface area contributed by atoms with E-state index in [-0.39, 0.29) is 18.3 Å². The minimum absolute atomic E-state index is 0.182. The van der Waals surface area contributed by atoms with Crippen molar-refractivity contribution in [2.24, 2.45) is 0 Å². The zero-order chi connectivity index (χ0) is 16.8. The Morgan fingerprint density at radius 3 is 2.58 bits per heavy atom. The number of thiophene rings is 1. The zero-order valence-corrected chi connectivity index (χ0v) is 13.7. The molecule has 0 atom stereocenters. The highest BCUT2D eigenvalue weighted by atomic mass is 32.1. The third kappa shape index (κ3) is 4.20. The fourth-order valence-electron chi connectivity index (χ4n) is 2.20. The summed E-state index contributed by atoms with van der Waals surface area (Å²) in [5, 5.41) is 4.86. The van der Waals surface area contributed by atoms with Crippen LogP contribution in [0.5, 0.6) is 5.75 Å². The van der Waals surface area contributed by atoms with Gasteiger partial charge in [0.1, 0.15) is 18.2 Å². The van der Waals surface area contributed by atoms with Crippen LogP contribution in [0.4, 0.5) is 4.39 Å². The van der Waals surface area contributed by atoms with Crippen LogP contribution in [0.3, 0.4) is 0 Å². The van der Waals surface area contributed by atoms with Gasteiger partial charge in [-0.25, -0.2) is 4.39 Å². The van der Waals surface area contributed by atoms with Crippen LogP contribution in [-0.4, -0.2) is 5.91 Å². The van der Waals surface area contributed by atoms with Crippen molar-refractivity contribution >= 4 is 17.2 Å². The summed E-state index contributed by atoms with van der Waals surface area (Å²) in [6.45, 7) is 0.762. The summed E-state index contributed by atoms with van der Waals surface area (Å²) < 4.78 is 18.7. The summed E-state index contributed by atoms with van der Waals surface area (Å²) in [5.74, 6) is 0.0377. The number of hydrogen-bond acceptors (Lipinski definition) is 3. The first-order valence-electron chi connectivity index (χ1n) is 7.49. The lowest BCUT2D eigenvalue weighted by Gasteiger charge is -2.11. The van der Waals surface area contributed by atoms with Crippen LogP contribution >= 0.6 is 11.3 Å². The minimum atomic E-state index is -0.285. The number of para-hydroxylation sites is 1. The van der Waals surface area contributed by atoms with Crippen molar-refractivity contribution in [1.82, 2.24) is 5.32 Å². The van der Waals surface area contributed by atoms with Crippen molar-refractivity contribution < 1.29 is 13.9 Å². The second-order valence-electron chi connectivity index (χ2n) is 5.17. The van der Waals surface area contributed by atoms with E-state index in [1.807, 2.05) is 23.6 Å². The van der Waals surface area contributed by atoms with Gasteiger partial charge >= 0.3 is 0 Å². The first-order chi connectivity index (χ1) is 11.7. The summed E-state index contributed by atoms with van der Waals surface area (Å²) in [4.78, 5) is 13.5. The van der Waals surface area contributed by atoms with Gasteiger partial charge in [0.05, 0.1) is 12.1 Å². The number of benzene rings is 2. The van der Waals surface area contributed by atoms with Gasteiger partial charge in [0.15, 0.2) is 0 Å². The maximum Gasteiger partial charge on any atom is 0.255 e. The highest BCUT2D eigenvalue weighted by Gasteiger charge is 2.12. The highest BCUT2D eigenvalue weighted by molar-refractivity contribution is 7.09. The second-order valence-corrected chi connectivity index (χ2v) is 6.21. The Morgan fingerprint density at radius 2 is 1.83 bits per heavy atom. The Bertz CT molecular complexity index is 800. The molecule has 1 N–H and O–H groups in total. The predicted octanol–water partition coefficient (Wildman–Crippen LogP) is 4.40. The first kappa shape index (κ1) is 16.2. The maximum atomic E-state index is 12.9. The molecule has 5 heteroatoms. The lowest BCUT2D eigenvalue weighted by Crippen LogP contribution is -2.23. The molecular formula is C19H16FNO2S. The van der Waals surface area contributed by atoms with E-state index in [0.717, 1.165) is 10.4 Å². The fourth-order valence-corrected chi connectivity index (χ4v) is 2.84. The SMILES string of the molecule is O=C(NCc1cccs1)c1ccccc1OCc1ccc(F)cc1. The molecule has 0 aliphatic heterocycles. The van der Waals surface area contributed by atoms with Gasteiger partial charge in [0.2, 0.25) is 0 Å². The first-order valence-corrected chi connectivity index (χ1v) is 8.37. The van der Waals surface area contributed by atoms with Gasteiger partial charge in [0.25, 0.3) is 5.91 Å². The Kier molecular flexibility index (Phi) is 5.23. The Morgan fingerprint density at radius 1 is 1.04 bits per heavy atom. The molecule has 3 rings (SSSR count). The van der Waals surface area contributed by atoms with Gasteiger partial charge in [-0.15, -0.1) is 11.3 Å². The number of ether oxygens (including phenoxy) is 1. The average Bonchev–Trinajstić information content (AvgIpc) is 3.13. The van der Waals surface area contributed by atoms with Crippen LogP contribution < -0.4 is 10.1 Å². The lowest BCUT2D eigenvalue weighted by molar-refractivity contribution is 0.0947. The molecule has 122 valence electrons. The van der Waals surface area contributed by atoms with Gasteiger partial charge < -0.3 is 10.1 Å². The molecule has 0 aliphatic rings. The Labute approximate surface area is 143 Å². The number of halogens is 1. The summed E-state index contributed by atoms with van der Waals surface area (Å²) in [6, 6.07) is 17.1. The van der Waals surface area contributed by atoms with Gasteiger partial charge in [-0.2, -0.15) is 0 Å². The molecule has 3 aromatic rings. The van der Waals surface area contributed by atoms with Crippen molar-refractivity contribution in [3.8, 4) is 5.75 Å². The van der Waals surface area contributed by atoms with E-state index in [2.05, 4.69) is 5.32 Å². The van der Waals surface area contributed by atoms with Crippen LogP contribution in [-0.2, 0) is 13.2 Å². The summed E-state index contributed by atoms with van der Waals surface area (Å²) in [7, 11) is 0. The molecule has 0 aliphatic carbocycles. The topological polar surface area (TPSA) is 38.3 Å². The van der Waals surface area contributed by atoms with E-state index in [0.29, 0.717) is 17.9 Å². The van der Waals surface area contributed by atoms with Crippen LogP contribution in [0, 0.1) is 5.82 Å². The van der Waals surface area contributed by atoms with E-state index in [9.17, 15) is 9.18 Å². The average molecular weight is 341 g/mol. The fraction of sp³-hybridized carbons (Fsp3) is 0.105. The van der Waals surface area contributed by atoms with Crippen molar-refractivity contribution in [3.63, 3.8) is 0 Å². The number of amides is 1. The molecule has 2 aromatic carbocycles. The number of carbonyl (C=O) groups excluding carboxylic acids is 1. The number of nitrogens with one attached hydrogen (secondary N) is 1. The van der Waals surface area contributed by atoms with Crippen LogP contribution in [0.1, 0.15) is 20.8 Å². The van der Waals surface area contributed by atoms with Crippen LogP contribution in [0.2, 0.25) is 0 Å². The molecule has 0 fully saturated rings. The molecule has 0 bridgehead atoms. The molecule has 3 nitrogen and oxygen atoms in total. The van der Waals surface area contributed by atoms with Crippen molar-refractivity contribution in [3.05, 3.63) is 87.9 Å². The standard InChI is InChI=1S/C19H16FNO2S/c20-15-9-7-14(8-10-15)13-23-18-6-2-1-5-17(18)19(22)21-12-16-4-3-11-24-16/h1-11H,12-13H2,(H,21,22). The zero-order valence-electron chi connectivity index (χ0n) is 12.9. The summed E-state index contributed by atoms with van der Waals surface area (Å²) in [6.07, 6.45) is 0. The highest BCUT2D eigenvalue weighted by Crippen LogP contribution is 2.20. The van der Waals surface area contributed by atoms with E-state index < -0.39 is 0 Å². The summed E-state index contributed by atoms with van der Waals surface area (Å²) in [5.41, 5.74) is 1.32. The van der Waals surface area contributed by atoms with Crippen molar-refractivity contribution in [1.29, 1.82) is 0 Å². The molecule has 0 radical (unpaired) electrons. The largest absolute Gasteiger partial charge is 0.488 e. The van der Waals surface area contributed by atoms with E-state index >= 15 is 0 Å². The van der Waals surface area contributed by atoms with E-state index in [1.54, 1.807) is 41.7 Å². The van der Waals surface area contributed by atoms with E-state index in [4.69, 9.17) is 4.74 Å². The molecule has 0 spiro atoms. The number of rotatable bonds is 6. The normalized spacial score (nSPS) is 10.4. The summed E-state index contributed by atoms with van der Waals surface area (Å²) >= 11 is 1.60. The van der Waals surface area contributed by atoms with Gasteiger partial charge in [-0.1, -0.05) is 30.3 Å². The van der Waals surface area contributed by atoms with Crippen LogP contribution in [0.25, 0.3) is 0 Å². The smallest absolute Gasteiger partial charge is 0.255 e. The molecule has 1 aromatic heterocycles. The monoisotopic (exact) mass is 341 g/mol. The van der Waals surface area contributed by atoms with Crippen molar-refractivity contribution in [2.75, 3.05) is 0 Å². The molecule has 0 unspecified atom stereocenters. The second kappa shape index (κ2) is 7.75. The number of carbonyl (C=O) groups is 1.